The molecule has 1 N–H and O–H groups in total. The minimum Gasteiger partial charge on any atom is -0.457 e. The average molecular weight is 297 g/mol. The lowest BCUT2D eigenvalue weighted by Gasteiger charge is -2.06. The maximum atomic E-state index is 12.0. The van der Waals surface area contributed by atoms with Crippen LogP contribution in [0.15, 0.2) is 60.1 Å². The van der Waals surface area contributed by atoms with Crippen molar-refractivity contribution in [3.63, 3.8) is 0 Å². The maximum absolute atomic E-state index is 12.0. The van der Waals surface area contributed by atoms with E-state index in [1.807, 2.05) is 30.3 Å². The van der Waals surface area contributed by atoms with E-state index < -0.39 is 0 Å². The smallest absolute Gasteiger partial charge is 0.257 e. The molecular weight excluding hydrogens is 286 g/mol. The monoisotopic (exact) mass is 297 g/mol. The first-order valence-electron chi connectivity index (χ1n) is 6.22. The molecule has 0 unspecified atom stereocenters. The van der Waals surface area contributed by atoms with Gasteiger partial charge in [0.05, 0.1) is 0 Å². The third-order valence-electron chi connectivity index (χ3n) is 2.68. The van der Waals surface area contributed by atoms with Crippen LogP contribution in [0, 0.1) is 0 Å². The quantitative estimate of drug-likeness (QED) is 0.799. The van der Waals surface area contributed by atoms with E-state index >= 15 is 0 Å². The Morgan fingerprint density at radius 2 is 1.71 bits per heavy atom. The second kappa shape index (κ2) is 6.15. The molecule has 21 heavy (non-hydrogen) atoms. The topological polar surface area (TPSA) is 64.1 Å². The van der Waals surface area contributed by atoms with Crippen molar-refractivity contribution in [3.05, 3.63) is 65.7 Å². The van der Waals surface area contributed by atoms with Crippen LogP contribution in [0.1, 0.15) is 10.4 Å². The first kappa shape index (κ1) is 13.3. The third-order valence-corrected chi connectivity index (χ3v) is 3.28. The van der Waals surface area contributed by atoms with Crippen LogP contribution in [0.4, 0.5) is 5.13 Å². The molecule has 0 atom stereocenters. The van der Waals surface area contributed by atoms with Crippen molar-refractivity contribution in [2.24, 2.45) is 0 Å². The van der Waals surface area contributed by atoms with Crippen molar-refractivity contribution in [3.8, 4) is 11.5 Å². The van der Waals surface area contributed by atoms with Gasteiger partial charge in [0.15, 0.2) is 0 Å². The van der Waals surface area contributed by atoms with E-state index in [1.165, 1.54) is 11.3 Å². The predicted octanol–water partition coefficient (Wildman–Crippen LogP) is 3.58. The molecule has 1 amide bonds. The van der Waals surface area contributed by atoms with E-state index in [0.717, 1.165) is 5.75 Å². The summed E-state index contributed by atoms with van der Waals surface area (Å²) in [4.78, 5) is 12.0. The van der Waals surface area contributed by atoms with Gasteiger partial charge in [-0.3, -0.25) is 10.1 Å². The number of amides is 1. The zero-order chi connectivity index (χ0) is 14.5. The van der Waals surface area contributed by atoms with Crippen molar-refractivity contribution in [2.75, 3.05) is 5.32 Å². The minimum atomic E-state index is -0.224. The Kier molecular flexibility index (Phi) is 3.88. The van der Waals surface area contributed by atoms with Gasteiger partial charge in [0.1, 0.15) is 17.0 Å². The number of hydrogen-bond donors (Lipinski definition) is 1. The van der Waals surface area contributed by atoms with Gasteiger partial charge in [0, 0.05) is 5.56 Å². The van der Waals surface area contributed by atoms with Gasteiger partial charge in [-0.2, -0.15) is 0 Å². The van der Waals surface area contributed by atoms with Gasteiger partial charge in [-0.15, -0.1) is 10.2 Å². The minimum absolute atomic E-state index is 0.224. The standard InChI is InChI=1S/C15H11N3O2S/c19-14(17-15-18-16-10-21-15)11-6-8-13(9-7-11)20-12-4-2-1-3-5-12/h1-10H,(H,17,18,19). The van der Waals surface area contributed by atoms with Crippen LogP contribution in [0.3, 0.4) is 0 Å². The fourth-order valence-electron chi connectivity index (χ4n) is 1.70. The first-order chi connectivity index (χ1) is 10.3. The molecule has 0 bridgehead atoms. The molecule has 0 radical (unpaired) electrons. The van der Waals surface area contributed by atoms with E-state index in [0.29, 0.717) is 16.4 Å². The lowest BCUT2D eigenvalue weighted by atomic mass is 10.2. The summed E-state index contributed by atoms with van der Waals surface area (Å²) in [5.74, 6) is 1.20. The summed E-state index contributed by atoms with van der Waals surface area (Å²) < 4.78 is 5.67. The van der Waals surface area contributed by atoms with Gasteiger partial charge >= 0.3 is 0 Å². The van der Waals surface area contributed by atoms with Gasteiger partial charge in [-0.25, -0.2) is 0 Å². The van der Waals surface area contributed by atoms with Gasteiger partial charge < -0.3 is 4.74 Å². The average Bonchev–Trinajstić information content (AvgIpc) is 3.02. The highest BCUT2D eigenvalue weighted by Gasteiger charge is 2.08. The largest absolute Gasteiger partial charge is 0.457 e. The number of aromatic nitrogens is 2. The van der Waals surface area contributed by atoms with Crippen molar-refractivity contribution in [1.82, 2.24) is 10.2 Å². The van der Waals surface area contributed by atoms with Crippen molar-refractivity contribution >= 4 is 22.4 Å². The van der Waals surface area contributed by atoms with E-state index in [2.05, 4.69) is 15.5 Å². The molecule has 0 saturated heterocycles. The summed E-state index contributed by atoms with van der Waals surface area (Å²) >= 11 is 1.27. The number of para-hydroxylation sites is 1. The highest BCUT2D eigenvalue weighted by molar-refractivity contribution is 7.13. The fraction of sp³-hybridized carbons (Fsp3) is 0. The molecule has 6 heteroatoms. The number of carbonyl (C=O) groups excluding carboxylic acids is 1. The van der Waals surface area contributed by atoms with Crippen LogP contribution >= 0.6 is 11.3 Å². The van der Waals surface area contributed by atoms with Crippen molar-refractivity contribution < 1.29 is 9.53 Å². The van der Waals surface area contributed by atoms with Crippen LogP contribution in [0.25, 0.3) is 0 Å². The van der Waals surface area contributed by atoms with Crippen LogP contribution < -0.4 is 10.1 Å². The number of rotatable bonds is 4. The second-order valence-electron chi connectivity index (χ2n) is 4.14. The summed E-state index contributed by atoms with van der Waals surface area (Å²) in [6.45, 7) is 0. The first-order valence-corrected chi connectivity index (χ1v) is 7.10. The second-order valence-corrected chi connectivity index (χ2v) is 4.97. The number of ether oxygens (including phenoxy) is 1. The number of nitrogens with one attached hydrogen (secondary N) is 1. The highest BCUT2D eigenvalue weighted by atomic mass is 32.1. The van der Waals surface area contributed by atoms with Gasteiger partial charge in [0.2, 0.25) is 5.13 Å². The molecule has 0 spiro atoms. The zero-order valence-corrected chi connectivity index (χ0v) is 11.7. The SMILES string of the molecule is O=C(Nc1nncs1)c1ccc(Oc2ccccc2)cc1. The number of hydrogen-bond acceptors (Lipinski definition) is 5. The lowest BCUT2D eigenvalue weighted by Crippen LogP contribution is -2.11. The summed E-state index contributed by atoms with van der Waals surface area (Å²) in [7, 11) is 0. The van der Waals surface area contributed by atoms with Crippen LogP contribution in [0.5, 0.6) is 11.5 Å². The molecule has 0 saturated carbocycles. The zero-order valence-electron chi connectivity index (χ0n) is 10.9. The molecule has 0 aliphatic rings. The van der Waals surface area contributed by atoms with Crippen LogP contribution in [-0.2, 0) is 0 Å². The summed E-state index contributed by atoms with van der Waals surface area (Å²) in [6.07, 6.45) is 0. The maximum Gasteiger partial charge on any atom is 0.257 e. The molecule has 1 aromatic heterocycles. The van der Waals surface area contributed by atoms with E-state index in [4.69, 9.17) is 4.74 Å². The Balaban J connectivity index is 1.68. The van der Waals surface area contributed by atoms with Crippen LogP contribution in [0.2, 0.25) is 0 Å². The molecule has 104 valence electrons. The Morgan fingerprint density at radius 1 is 1.00 bits per heavy atom. The Hall–Kier alpha value is -2.73. The number of anilines is 1. The lowest BCUT2D eigenvalue weighted by molar-refractivity contribution is 0.102. The van der Waals surface area contributed by atoms with Crippen molar-refractivity contribution in [2.45, 2.75) is 0 Å². The molecule has 0 fully saturated rings. The number of carbonyl (C=O) groups is 1. The van der Waals surface area contributed by atoms with E-state index in [9.17, 15) is 4.79 Å². The van der Waals surface area contributed by atoms with Gasteiger partial charge in [0.25, 0.3) is 5.91 Å². The van der Waals surface area contributed by atoms with E-state index in [1.54, 1.807) is 29.8 Å². The Labute approximate surface area is 125 Å². The molecule has 3 aromatic rings. The Bertz CT molecular complexity index is 712. The summed E-state index contributed by atoms with van der Waals surface area (Å²) in [5, 5.41) is 10.6. The fourth-order valence-corrected chi connectivity index (χ4v) is 2.14. The molecule has 0 aliphatic heterocycles. The summed E-state index contributed by atoms with van der Waals surface area (Å²) in [5.41, 5.74) is 2.09. The molecule has 2 aromatic carbocycles. The highest BCUT2D eigenvalue weighted by Crippen LogP contribution is 2.21. The Morgan fingerprint density at radius 3 is 2.38 bits per heavy atom. The number of benzene rings is 2. The molecule has 5 nitrogen and oxygen atoms in total. The number of nitrogens with zero attached hydrogens (tertiary/aromatic N) is 2. The molecular formula is C15H11N3O2S. The van der Waals surface area contributed by atoms with Crippen LogP contribution in [-0.4, -0.2) is 16.1 Å². The van der Waals surface area contributed by atoms with E-state index in [-0.39, 0.29) is 5.91 Å². The van der Waals surface area contributed by atoms with Crippen molar-refractivity contribution in [1.29, 1.82) is 0 Å². The molecule has 0 aliphatic carbocycles. The van der Waals surface area contributed by atoms with Gasteiger partial charge in [-0.1, -0.05) is 29.5 Å². The van der Waals surface area contributed by atoms with Gasteiger partial charge in [-0.05, 0) is 36.4 Å². The molecule has 1 heterocycles. The third kappa shape index (κ3) is 3.43. The normalized spacial score (nSPS) is 10.1. The summed E-state index contributed by atoms with van der Waals surface area (Å²) in [6, 6.07) is 16.4. The molecule has 3 rings (SSSR count). The predicted molar refractivity (Wildman–Crippen MR) is 80.8 cm³/mol.